The van der Waals surface area contributed by atoms with Gasteiger partial charge in [0, 0.05) is 24.2 Å². The molecule has 0 spiro atoms. The molecule has 2 N–H and O–H groups in total. The van der Waals surface area contributed by atoms with Gasteiger partial charge in [-0.25, -0.2) is 14.1 Å². The Morgan fingerprint density at radius 1 is 1.18 bits per heavy atom. The predicted octanol–water partition coefficient (Wildman–Crippen LogP) is 2.29. The molecule has 4 heterocycles. The highest BCUT2D eigenvalue weighted by Crippen LogP contribution is 2.39. The number of alkyl halides is 1. The van der Waals surface area contributed by atoms with E-state index >= 15 is 4.39 Å². The fourth-order valence-electron chi connectivity index (χ4n) is 5.23. The first-order chi connectivity index (χ1) is 16.6. The minimum absolute atomic E-state index is 0.0462. The molecule has 3 aliphatic rings. The van der Waals surface area contributed by atoms with Gasteiger partial charge in [-0.1, -0.05) is 11.6 Å². The molecule has 0 amide bonds. The molecule has 1 aromatic carbocycles. The lowest BCUT2D eigenvalue weighted by molar-refractivity contribution is 0.104. The summed E-state index contributed by atoms with van der Waals surface area (Å²) in [5, 5.41) is 39.2. The molecule has 4 atom stereocenters. The zero-order valence-corrected chi connectivity index (χ0v) is 18.4. The van der Waals surface area contributed by atoms with Gasteiger partial charge in [-0.3, -0.25) is 0 Å². The minimum Gasteiger partial charge on any atom is -0.507 e. The van der Waals surface area contributed by atoms with E-state index in [1.807, 2.05) is 6.07 Å². The number of aromatic hydroxyl groups is 1. The van der Waals surface area contributed by atoms with Crippen molar-refractivity contribution in [2.45, 2.75) is 68.9 Å². The van der Waals surface area contributed by atoms with Crippen LogP contribution in [0.4, 0.5) is 10.2 Å². The summed E-state index contributed by atoms with van der Waals surface area (Å²) >= 11 is 0. The Bertz CT molecular complexity index is 1240. The Kier molecular flexibility index (Phi) is 5.10. The fourth-order valence-corrected chi connectivity index (χ4v) is 5.23. The number of phenolic OH excluding ortho intramolecular Hbond substituents is 1. The van der Waals surface area contributed by atoms with Crippen molar-refractivity contribution in [3.05, 3.63) is 36.3 Å². The maximum Gasteiger partial charge on any atom is 0.185 e. The molecule has 3 fully saturated rings. The Labute approximate surface area is 195 Å². The Hall–Kier alpha value is -3.65. The number of nitrogens with one attached hydrogen (secondary N) is 1. The standard InChI is InChI=1S/C23H24FN9O/c24-22-18-3-1-2-13(27-18)8-19(22)33(15-4-5-15)21-11-26-23(30-29-21)17-7-6-16(9-20(17)34)32-12-14(10-25)28-31-32/h6-7,9,11-13,15,18-19,22,27,34H,1-5,8H2/t13-,18+,19+,22-/m0/s1. The molecule has 11 heteroatoms. The number of rotatable bonds is 5. The van der Waals surface area contributed by atoms with Gasteiger partial charge < -0.3 is 15.3 Å². The number of fused-ring (bicyclic) bond motifs is 2. The molecule has 0 unspecified atom stereocenters. The zero-order chi connectivity index (χ0) is 23.2. The number of halogens is 1. The molecular weight excluding hydrogens is 437 g/mol. The van der Waals surface area contributed by atoms with Crippen LogP contribution in [0.25, 0.3) is 17.1 Å². The number of piperidine rings is 2. The normalized spacial score (nSPS) is 26.1. The zero-order valence-electron chi connectivity index (χ0n) is 18.4. The lowest BCUT2D eigenvalue weighted by Crippen LogP contribution is -2.62. The van der Waals surface area contributed by atoms with Crippen LogP contribution in [0.1, 0.15) is 44.2 Å². The molecular formula is C23H24FN9O. The molecule has 2 aliphatic heterocycles. The van der Waals surface area contributed by atoms with Crippen molar-refractivity contribution >= 4 is 5.82 Å². The number of benzene rings is 1. The van der Waals surface area contributed by atoms with Gasteiger partial charge in [-0.05, 0) is 44.2 Å². The third-order valence-corrected chi connectivity index (χ3v) is 7.00. The van der Waals surface area contributed by atoms with Gasteiger partial charge in [-0.15, -0.1) is 15.3 Å². The van der Waals surface area contributed by atoms with Crippen LogP contribution in [0.2, 0.25) is 0 Å². The number of nitriles is 1. The highest BCUT2D eigenvalue weighted by atomic mass is 19.1. The molecule has 174 valence electrons. The van der Waals surface area contributed by atoms with Gasteiger partial charge in [0.25, 0.3) is 0 Å². The second-order valence-electron chi connectivity index (χ2n) is 9.29. The molecule has 2 saturated heterocycles. The van der Waals surface area contributed by atoms with E-state index in [-0.39, 0.29) is 35.4 Å². The Morgan fingerprint density at radius 2 is 2.06 bits per heavy atom. The van der Waals surface area contributed by atoms with Gasteiger partial charge in [0.2, 0.25) is 0 Å². The number of anilines is 1. The van der Waals surface area contributed by atoms with Crippen molar-refractivity contribution < 1.29 is 9.50 Å². The highest BCUT2D eigenvalue weighted by molar-refractivity contribution is 5.66. The number of hydrogen-bond acceptors (Lipinski definition) is 9. The third-order valence-electron chi connectivity index (χ3n) is 7.00. The summed E-state index contributed by atoms with van der Waals surface area (Å²) in [6, 6.07) is 7.11. The summed E-state index contributed by atoms with van der Waals surface area (Å²) in [6.07, 6.45) is 7.99. The summed E-state index contributed by atoms with van der Waals surface area (Å²) in [6.45, 7) is 0. The van der Waals surface area contributed by atoms with Gasteiger partial charge in [0.1, 0.15) is 18.0 Å². The van der Waals surface area contributed by atoms with Crippen molar-refractivity contribution in [2.75, 3.05) is 4.90 Å². The van der Waals surface area contributed by atoms with Crippen LogP contribution in [0, 0.1) is 11.3 Å². The van der Waals surface area contributed by atoms with Crippen LogP contribution in [-0.2, 0) is 0 Å². The maximum atomic E-state index is 15.4. The number of nitrogens with zero attached hydrogens (tertiary/aromatic N) is 8. The first-order valence-corrected chi connectivity index (χ1v) is 11.6. The average Bonchev–Trinajstić information content (AvgIpc) is 3.57. The molecule has 10 nitrogen and oxygen atoms in total. The van der Waals surface area contributed by atoms with Gasteiger partial charge in [0.05, 0.1) is 29.7 Å². The Morgan fingerprint density at radius 3 is 2.76 bits per heavy atom. The summed E-state index contributed by atoms with van der Waals surface area (Å²) in [4.78, 5) is 6.56. The Balaban J connectivity index is 1.25. The first-order valence-electron chi connectivity index (χ1n) is 11.6. The summed E-state index contributed by atoms with van der Waals surface area (Å²) in [5.41, 5.74) is 1.14. The summed E-state index contributed by atoms with van der Waals surface area (Å²) in [5.74, 6) is 0.815. The maximum absolute atomic E-state index is 15.4. The summed E-state index contributed by atoms with van der Waals surface area (Å²) in [7, 11) is 0. The molecule has 2 aromatic heterocycles. The first kappa shape index (κ1) is 20.9. The van der Waals surface area contributed by atoms with Crippen LogP contribution < -0.4 is 10.2 Å². The minimum atomic E-state index is -0.950. The van der Waals surface area contributed by atoms with Crippen LogP contribution in [0.15, 0.2) is 30.6 Å². The van der Waals surface area contributed by atoms with E-state index in [2.05, 4.69) is 35.7 Å². The van der Waals surface area contributed by atoms with E-state index in [4.69, 9.17) is 5.26 Å². The van der Waals surface area contributed by atoms with Crippen LogP contribution in [-0.4, -0.2) is 65.6 Å². The van der Waals surface area contributed by atoms with Gasteiger partial charge >= 0.3 is 0 Å². The smallest absolute Gasteiger partial charge is 0.185 e. The van der Waals surface area contributed by atoms with Crippen LogP contribution >= 0.6 is 0 Å². The van der Waals surface area contributed by atoms with Crippen molar-refractivity contribution in [3.8, 4) is 28.9 Å². The SMILES string of the molecule is N#Cc1cn(-c2ccc(-c3ncc(N(C4CC4)[C@@H]4C[C@@H]5CCC[C@@H](N5)[C@@H]4F)nn3)c(O)c2)nn1. The van der Waals surface area contributed by atoms with Crippen LogP contribution in [0.5, 0.6) is 5.75 Å². The third kappa shape index (κ3) is 3.74. The lowest BCUT2D eigenvalue weighted by atomic mass is 9.82. The van der Waals surface area contributed by atoms with Crippen molar-refractivity contribution in [3.63, 3.8) is 0 Å². The molecule has 3 aromatic rings. The molecule has 2 bridgehead atoms. The second-order valence-corrected chi connectivity index (χ2v) is 9.29. The van der Waals surface area contributed by atoms with E-state index < -0.39 is 6.17 Å². The molecule has 0 radical (unpaired) electrons. The lowest BCUT2D eigenvalue weighted by Gasteiger charge is -2.47. The van der Waals surface area contributed by atoms with Gasteiger partial charge in [0.15, 0.2) is 17.3 Å². The van der Waals surface area contributed by atoms with Gasteiger partial charge in [-0.2, -0.15) is 5.26 Å². The molecule has 6 rings (SSSR count). The molecule has 34 heavy (non-hydrogen) atoms. The number of phenols is 1. The topological polar surface area (TPSA) is 129 Å². The van der Waals surface area contributed by atoms with Crippen molar-refractivity contribution in [1.82, 2.24) is 35.5 Å². The highest BCUT2D eigenvalue weighted by Gasteiger charge is 2.46. The van der Waals surface area contributed by atoms with Crippen LogP contribution in [0.3, 0.4) is 0 Å². The largest absolute Gasteiger partial charge is 0.507 e. The molecule has 1 saturated carbocycles. The number of aromatic nitrogens is 6. The molecule has 1 aliphatic carbocycles. The predicted molar refractivity (Wildman–Crippen MR) is 120 cm³/mol. The van der Waals surface area contributed by atoms with Crippen molar-refractivity contribution in [2.24, 2.45) is 0 Å². The summed E-state index contributed by atoms with van der Waals surface area (Å²) < 4.78 is 16.8. The van der Waals surface area contributed by atoms with E-state index in [1.165, 1.54) is 16.9 Å². The van der Waals surface area contributed by atoms with E-state index in [1.54, 1.807) is 18.3 Å². The quantitative estimate of drug-likeness (QED) is 0.588. The monoisotopic (exact) mass is 461 g/mol. The second kappa shape index (κ2) is 8.29. The number of hydrogen-bond donors (Lipinski definition) is 2. The van der Waals surface area contributed by atoms with Crippen molar-refractivity contribution in [1.29, 1.82) is 5.26 Å². The van der Waals surface area contributed by atoms with E-state index in [9.17, 15) is 5.11 Å². The fraction of sp³-hybridized carbons (Fsp3) is 0.478. The van der Waals surface area contributed by atoms with E-state index in [0.29, 0.717) is 23.1 Å². The van der Waals surface area contributed by atoms with E-state index in [0.717, 1.165) is 38.5 Å². The average molecular weight is 462 g/mol.